The Bertz CT molecular complexity index is 279. The molecule has 104 valence electrons. The van der Waals surface area contributed by atoms with Gasteiger partial charge in [-0.25, -0.2) is 4.79 Å². The molecule has 0 aromatic carbocycles. The second-order valence-corrected chi connectivity index (χ2v) is 5.72. The Balaban J connectivity index is 2.32. The maximum Gasteiger partial charge on any atom is 0.326 e. The average molecular weight is 275 g/mol. The number of thioether (sulfide) groups is 1. The molecule has 1 rings (SSSR count). The van der Waals surface area contributed by atoms with Crippen LogP contribution in [0.3, 0.4) is 0 Å². The zero-order chi connectivity index (χ0) is 13.4. The lowest BCUT2D eigenvalue weighted by Gasteiger charge is -2.22. The molecule has 1 amide bonds. The standard InChI is InChI=1S/C12H21NO4S/c1-17-5-2-10(12(15)16)13-11(14)8-9-3-6-18-7-4-9/h9-10H,2-8H2,1H3,(H,13,14)(H,15,16). The summed E-state index contributed by atoms with van der Waals surface area (Å²) in [6.45, 7) is 0.331. The Morgan fingerprint density at radius 1 is 1.44 bits per heavy atom. The number of aliphatic carboxylic acids is 1. The lowest BCUT2D eigenvalue weighted by Crippen LogP contribution is -2.42. The van der Waals surface area contributed by atoms with Gasteiger partial charge in [0.15, 0.2) is 0 Å². The number of carbonyl (C=O) groups excluding carboxylic acids is 1. The van der Waals surface area contributed by atoms with Gasteiger partial charge in [-0.1, -0.05) is 0 Å². The molecular weight excluding hydrogens is 254 g/mol. The predicted octanol–water partition coefficient (Wildman–Crippen LogP) is 1.13. The molecule has 0 aromatic rings. The summed E-state index contributed by atoms with van der Waals surface area (Å²) in [6.07, 6.45) is 2.84. The van der Waals surface area contributed by atoms with Gasteiger partial charge in [0.1, 0.15) is 6.04 Å². The van der Waals surface area contributed by atoms with Crippen LogP contribution in [0.5, 0.6) is 0 Å². The van der Waals surface area contributed by atoms with Crippen LogP contribution in [-0.4, -0.2) is 48.2 Å². The van der Waals surface area contributed by atoms with E-state index in [4.69, 9.17) is 9.84 Å². The minimum Gasteiger partial charge on any atom is -0.480 e. The van der Waals surface area contributed by atoms with Gasteiger partial charge in [-0.2, -0.15) is 11.8 Å². The van der Waals surface area contributed by atoms with Gasteiger partial charge in [-0.05, 0) is 30.3 Å². The summed E-state index contributed by atoms with van der Waals surface area (Å²) in [5.41, 5.74) is 0. The fourth-order valence-electron chi connectivity index (χ4n) is 1.96. The fourth-order valence-corrected chi connectivity index (χ4v) is 3.16. The lowest BCUT2D eigenvalue weighted by atomic mass is 9.98. The minimum atomic E-state index is -1.00. The van der Waals surface area contributed by atoms with Gasteiger partial charge in [-0.3, -0.25) is 4.79 Å². The molecular formula is C12H21NO4S. The molecule has 1 aliphatic rings. The summed E-state index contributed by atoms with van der Waals surface area (Å²) in [5, 5.41) is 11.6. The van der Waals surface area contributed by atoms with Crippen LogP contribution >= 0.6 is 11.8 Å². The van der Waals surface area contributed by atoms with E-state index in [9.17, 15) is 9.59 Å². The number of ether oxygens (including phenoxy) is 1. The molecule has 0 radical (unpaired) electrons. The van der Waals surface area contributed by atoms with Crippen molar-refractivity contribution in [3.63, 3.8) is 0 Å². The number of nitrogens with one attached hydrogen (secondary N) is 1. The van der Waals surface area contributed by atoms with Gasteiger partial charge >= 0.3 is 5.97 Å². The van der Waals surface area contributed by atoms with E-state index in [1.54, 1.807) is 0 Å². The Morgan fingerprint density at radius 3 is 2.67 bits per heavy atom. The van der Waals surface area contributed by atoms with Crippen molar-refractivity contribution >= 4 is 23.6 Å². The first-order chi connectivity index (χ1) is 8.63. The van der Waals surface area contributed by atoms with Crippen molar-refractivity contribution in [2.24, 2.45) is 5.92 Å². The van der Waals surface area contributed by atoms with E-state index >= 15 is 0 Å². The third-order valence-corrected chi connectivity index (χ3v) is 4.11. The molecule has 1 fully saturated rings. The second-order valence-electron chi connectivity index (χ2n) is 4.50. The van der Waals surface area contributed by atoms with Gasteiger partial charge < -0.3 is 15.2 Å². The molecule has 1 heterocycles. The van der Waals surface area contributed by atoms with E-state index in [0.717, 1.165) is 24.3 Å². The van der Waals surface area contributed by atoms with Crippen LogP contribution in [0.4, 0.5) is 0 Å². The fraction of sp³-hybridized carbons (Fsp3) is 0.833. The van der Waals surface area contributed by atoms with E-state index < -0.39 is 12.0 Å². The molecule has 0 aliphatic carbocycles. The molecule has 18 heavy (non-hydrogen) atoms. The average Bonchev–Trinajstić information content (AvgIpc) is 2.35. The van der Waals surface area contributed by atoms with Gasteiger partial charge in [0, 0.05) is 26.6 Å². The highest BCUT2D eigenvalue weighted by Gasteiger charge is 2.22. The van der Waals surface area contributed by atoms with Crippen LogP contribution in [0, 0.1) is 5.92 Å². The molecule has 0 bridgehead atoms. The Kier molecular flexibility index (Phi) is 7.12. The predicted molar refractivity (Wildman–Crippen MR) is 70.7 cm³/mol. The first-order valence-electron chi connectivity index (χ1n) is 6.22. The number of carboxylic acids is 1. The van der Waals surface area contributed by atoms with Gasteiger partial charge in [0.25, 0.3) is 0 Å². The highest BCUT2D eigenvalue weighted by Crippen LogP contribution is 2.25. The molecule has 1 aliphatic heterocycles. The third-order valence-electron chi connectivity index (χ3n) is 3.06. The van der Waals surface area contributed by atoms with Crippen LogP contribution in [0.2, 0.25) is 0 Å². The molecule has 0 spiro atoms. The van der Waals surface area contributed by atoms with Crippen molar-refractivity contribution < 1.29 is 19.4 Å². The summed E-state index contributed by atoms with van der Waals surface area (Å²) in [7, 11) is 1.51. The van der Waals surface area contributed by atoms with E-state index in [1.807, 2.05) is 11.8 Å². The van der Waals surface area contributed by atoms with Gasteiger partial charge in [0.05, 0.1) is 0 Å². The zero-order valence-electron chi connectivity index (χ0n) is 10.7. The van der Waals surface area contributed by atoms with E-state index in [-0.39, 0.29) is 5.91 Å². The lowest BCUT2D eigenvalue weighted by molar-refractivity contribution is -0.142. The monoisotopic (exact) mass is 275 g/mol. The van der Waals surface area contributed by atoms with Crippen molar-refractivity contribution in [2.75, 3.05) is 25.2 Å². The van der Waals surface area contributed by atoms with Crippen LogP contribution in [0.15, 0.2) is 0 Å². The summed E-state index contributed by atoms with van der Waals surface area (Å²) >= 11 is 1.91. The first kappa shape index (κ1) is 15.3. The number of hydrogen-bond acceptors (Lipinski definition) is 4. The normalized spacial score (nSPS) is 18.3. The number of hydrogen-bond donors (Lipinski definition) is 2. The molecule has 0 saturated carbocycles. The maximum atomic E-state index is 11.8. The largest absolute Gasteiger partial charge is 0.480 e. The second kappa shape index (κ2) is 8.37. The molecule has 1 saturated heterocycles. The van der Waals surface area contributed by atoms with Crippen molar-refractivity contribution in [3.8, 4) is 0 Å². The van der Waals surface area contributed by atoms with Gasteiger partial charge in [0.2, 0.25) is 5.91 Å². The molecule has 5 nitrogen and oxygen atoms in total. The van der Waals surface area contributed by atoms with Crippen LogP contribution < -0.4 is 5.32 Å². The summed E-state index contributed by atoms with van der Waals surface area (Å²) in [4.78, 5) is 22.7. The third kappa shape index (κ3) is 5.73. The number of amides is 1. The highest BCUT2D eigenvalue weighted by molar-refractivity contribution is 7.99. The maximum absolute atomic E-state index is 11.8. The summed E-state index contributed by atoms with van der Waals surface area (Å²) in [6, 6.07) is -0.838. The summed E-state index contributed by atoms with van der Waals surface area (Å²) < 4.78 is 4.84. The Labute approximate surface area is 112 Å². The molecule has 1 atom stereocenters. The number of carboxylic acid groups (broad SMARTS) is 1. The summed E-state index contributed by atoms with van der Waals surface area (Å²) in [5.74, 6) is 1.45. The minimum absolute atomic E-state index is 0.157. The van der Waals surface area contributed by atoms with Crippen molar-refractivity contribution in [3.05, 3.63) is 0 Å². The quantitative estimate of drug-likeness (QED) is 0.728. The van der Waals surface area contributed by atoms with Crippen molar-refractivity contribution in [2.45, 2.75) is 31.7 Å². The van der Waals surface area contributed by atoms with E-state index in [0.29, 0.717) is 25.4 Å². The van der Waals surface area contributed by atoms with Gasteiger partial charge in [-0.15, -0.1) is 0 Å². The number of methoxy groups -OCH3 is 1. The SMILES string of the molecule is COCCC(NC(=O)CC1CCSCC1)C(=O)O. The van der Waals surface area contributed by atoms with Crippen LogP contribution in [-0.2, 0) is 14.3 Å². The first-order valence-corrected chi connectivity index (χ1v) is 7.37. The smallest absolute Gasteiger partial charge is 0.326 e. The molecule has 1 unspecified atom stereocenters. The molecule has 6 heteroatoms. The Hall–Kier alpha value is -0.750. The van der Waals surface area contributed by atoms with Crippen molar-refractivity contribution in [1.29, 1.82) is 0 Å². The Morgan fingerprint density at radius 2 is 2.11 bits per heavy atom. The van der Waals surface area contributed by atoms with E-state index in [1.165, 1.54) is 7.11 Å². The van der Waals surface area contributed by atoms with Crippen LogP contribution in [0.1, 0.15) is 25.7 Å². The molecule has 0 aromatic heterocycles. The zero-order valence-corrected chi connectivity index (χ0v) is 11.5. The number of rotatable bonds is 7. The topological polar surface area (TPSA) is 75.6 Å². The van der Waals surface area contributed by atoms with Crippen LogP contribution in [0.25, 0.3) is 0 Å². The van der Waals surface area contributed by atoms with Crippen molar-refractivity contribution in [1.82, 2.24) is 5.32 Å². The number of carbonyl (C=O) groups is 2. The highest BCUT2D eigenvalue weighted by atomic mass is 32.2. The van der Waals surface area contributed by atoms with E-state index in [2.05, 4.69) is 5.32 Å². The molecule has 2 N–H and O–H groups in total.